The summed E-state index contributed by atoms with van der Waals surface area (Å²) in [7, 11) is 1.25. The highest BCUT2D eigenvalue weighted by atomic mass is 16.5. The molecule has 1 rings (SSSR count). The number of carbonyl (C=O) groups excluding carboxylic acids is 2. The van der Waals surface area contributed by atoms with E-state index in [1.54, 1.807) is 0 Å². The van der Waals surface area contributed by atoms with Gasteiger partial charge in [0.25, 0.3) is 0 Å². The highest BCUT2D eigenvalue weighted by Gasteiger charge is 2.09. The van der Waals surface area contributed by atoms with Gasteiger partial charge >= 0.3 is 11.9 Å². The molecule has 1 aliphatic heterocycles. The van der Waals surface area contributed by atoms with Gasteiger partial charge in [-0.15, -0.1) is 0 Å². The van der Waals surface area contributed by atoms with Crippen LogP contribution in [0.1, 0.15) is 6.42 Å². The Kier molecular flexibility index (Phi) is 7.05. The van der Waals surface area contributed by atoms with Crippen molar-refractivity contribution in [3.05, 3.63) is 12.2 Å². The van der Waals surface area contributed by atoms with E-state index in [2.05, 4.69) is 9.64 Å². The first-order valence-electron chi connectivity index (χ1n) is 5.95. The van der Waals surface area contributed by atoms with Crippen molar-refractivity contribution in [2.75, 3.05) is 46.6 Å². The first-order chi connectivity index (χ1) is 8.72. The maximum absolute atomic E-state index is 11.2. The van der Waals surface area contributed by atoms with Crippen LogP contribution in [0, 0.1) is 0 Å². The van der Waals surface area contributed by atoms with Crippen LogP contribution in [0.15, 0.2) is 12.2 Å². The average molecular weight is 257 g/mol. The minimum Gasteiger partial charge on any atom is -0.466 e. The summed E-state index contributed by atoms with van der Waals surface area (Å²) in [5, 5.41) is 0. The zero-order chi connectivity index (χ0) is 13.2. The molecule has 1 fully saturated rings. The molecule has 6 heteroatoms. The molecule has 0 saturated carbocycles. The van der Waals surface area contributed by atoms with Crippen molar-refractivity contribution in [3.8, 4) is 0 Å². The molecule has 0 aliphatic carbocycles. The molecule has 0 bridgehead atoms. The number of nitrogens with zero attached hydrogens (tertiary/aromatic N) is 1. The van der Waals surface area contributed by atoms with Gasteiger partial charge in [0, 0.05) is 31.8 Å². The molecule has 18 heavy (non-hydrogen) atoms. The van der Waals surface area contributed by atoms with Gasteiger partial charge in [0.1, 0.15) is 0 Å². The van der Waals surface area contributed by atoms with Gasteiger partial charge in [-0.25, -0.2) is 9.59 Å². The molecule has 102 valence electrons. The Balaban J connectivity index is 2.04. The predicted octanol–water partition coefficient (Wildman–Crippen LogP) is -0.0189. The summed E-state index contributed by atoms with van der Waals surface area (Å²) in [6.45, 7) is 4.62. The Labute approximate surface area is 106 Å². The van der Waals surface area contributed by atoms with E-state index in [0.29, 0.717) is 6.61 Å². The van der Waals surface area contributed by atoms with Crippen molar-refractivity contribution >= 4 is 11.9 Å². The second-order valence-corrected chi connectivity index (χ2v) is 3.83. The number of esters is 2. The Bertz CT molecular complexity index is 297. The molecular weight excluding hydrogens is 238 g/mol. The third-order valence-corrected chi connectivity index (χ3v) is 2.52. The molecule has 0 unspecified atom stereocenters. The molecule has 0 N–H and O–H groups in total. The van der Waals surface area contributed by atoms with Crippen molar-refractivity contribution in [3.63, 3.8) is 0 Å². The van der Waals surface area contributed by atoms with Crippen molar-refractivity contribution in [2.45, 2.75) is 6.42 Å². The van der Waals surface area contributed by atoms with Crippen LogP contribution in [0.5, 0.6) is 0 Å². The summed E-state index contributed by atoms with van der Waals surface area (Å²) in [6.07, 6.45) is 2.89. The number of ether oxygens (including phenoxy) is 3. The normalized spacial score (nSPS) is 16.7. The average Bonchev–Trinajstić information content (AvgIpc) is 2.42. The van der Waals surface area contributed by atoms with E-state index >= 15 is 0 Å². The third-order valence-electron chi connectivity index (χ3n) is 2.52. The smallest absolute Gasteiger partial charge is 0.331 e. The first kappa shape index (κ1) is 14.7. The second kappa shape index (κ2) is 8.66. The van der Waals surface area contributed by atoms with Crippen molar-refractivity contribution < 1.29 is 23.8 Å². The maximum Gasteiger partial charge on any atom is 0.331 e. The molecule has 0 aromatic rings. The molecule has 0 aromatic heterocycles. The van der Waals surface area contributed by atoms with Crippen LogP contribution >= 0.6 is 0 Å². The first-order valence-corrected chi connectivity index (χ1v) is 5.95. The monoisotopic (exact) mass is 257 g/mol. The zero-order valence-electron chi connectivity index (χ0n) is 10.6. The molecule has 0 amide bonds. The largest absolute Gasteiger partial charge is 0.466 e. The molecule has 1 aliphatic rings. The number of hydrogen-bond acceptors (Lipinski definition) is 6. The van der Waals surface area contributed by atoms with Crippen molar-refractivity contribution in [1.29, 1.82) is 0 Å². The molecule has 0 radical (unpaired) electrons. The van der Waals surface area contributed by atoms with E-state index in [1.165, 1.54) is 7.11 Å². The lowest BCUT2D eigenvalue weighted by atomic mass is 10.3. The molecule has 0 aromatic carbocycles. The van der Waals surface area contributed by atoms with Gasteiger partial charge in [-0.1, -0.05) is 0 Å². The predicted molar refractivity (Wildman–Crippen MR) is 64.0 cm³/mol. The van der Waals surface area contributed by atoms with Gasteiger partial charge in [0.2, 0.25) is 0 Å². The topological polar surface area (TPSA) is 65.1 Å². The van der Waals surface area contributed by atoms with Gasteiger partial charge in [0.05, 0.1) is 26.9 Å². The summed E-state index contributed by atoms with van der Waals surface area (Å²) in [5.41, 5.74) is 0. The Hall–Kier alpha value is -1.40. The molecular formula is C12H19NO5. The SMILES string of the molecule is COC(=O)/C=C/C(=O)OCCCN1CCOCC1. The lowest BCUT2D eigenvalue weighted by Gasteiger charge is -2.26. The molecule has 6 nitrogen and oxygen atoms in total. The Morgan fingerprint density at radius 1 is 1.22 bits per heavy atom. The second-order valence-electron chi connectivity index (χ2n) is 3.83. The van der Waals surface area contributed by atoms with Gasteiger partial charge in [-0.2, -0.15) is 0 Å². The Morgan fingerprint density at radius 2 is 1.89 bits per heavy atom. The molecule has 0 spiro atoms. The highest BCUT2D eigenvalue weighted by molar-refractivity contribution is 5.91. The van der Waals surface area contributed by atoms with Crippen LogP contribution in [-0.2, 0) is 23.8 Å². The molecule has 1 saturated heterocycles. The van der Waals surface area contributed by atoms with E-state index < -0.39 is 11.9 Å². The number of carbonyl (C=O) groups is 2. The van der Waals surface area contributed by atoms with E-state index in [9.17, 15) is 9.59 Å². The fourth-order valence-electron chi connectivity index (χ4n) is 1.54. The van der Waals surface area contributed by atoms with Crippen LogP contribution in [0.3, 0.4) is 0 Å². The van der Waals surface area contributed by atoms with Crippen LogP contribution in [0.4, 0.5) is 0 Å². The van der Waals surface area contributed by atoms with Gasteiger partial charge in [-0.05, 0) is 6.42 Å². The van der Waals surface area contributed by atoms with Crippen LogP contribution in [-0.4, -0.2) is 63.4 Å². The fourth-order valence-corrected chi connectivity index (χ4v) is 1.54. The maximum atomic E-state index is 11.2. The lowest BCUT2D eigenvalue weighted by Crippen LogP contribution is -2.37. The Morgan fingerprint density at radius 3 is 2.56 bits per heavy atom. The third kappa shape index (κ3) is 6.36. The van der Waals surface area contributed by atoms with Crippen molar-refractivity contribution in [2.24, 2.45) is 0 Å². The molecule has 1 heterocycles. The zero-order valence-corrected chi connectivity index (χ0v) is 10.6. The van der Waals surface area contributed by atoms with Crippen LogP contribution in [0.2, 0.25) is 0 Å². The number of rotatable bonds is 6. The van der Waals surface area contributed by atoms with Crippen LogP contribution < -0.4 is 0 Å². The van der Waals surface area contributed by atoms with E-state index in [1.807, 2.05) is 0 Å². The lowest BCUT2D eigenvalue weighted by molar-refractivity contribution is -0.139. The summed E-state index contributed by atoms with van der Waals surface area (Å²) < 4.78 is 14.5. The minimum atomic E-state index is -0.569. The number of hydrogen-bond donors (Lipinski definition) is 0. The summed E-state index contributed by atoms with van der Waals surface area (Å²) in [6, 6.07) is 0. The highest BCUT2D eigenvalue weighted by Crippen LogP contribution is 1.98. The van der Waals surface area contributed by atoms with Gasteiger partial charge < -0.3 is 14.2 Å². The quantitative estimate of drug-likeness (QED) is 0.378. The van der Waals surface area contributed by atoms with Gasteiger partial charge in [-0.3, -0.25) is 4.90 Å². The minimum absolute atomic E-state index is 0.349. The summed E-state index contributed by atoms with van der Waals surface area (Å²) in [4.78, 5) is 24.1. The standard InChI is InChI=1S/C12H19NO5/c1-16-11(14)3-4-12(15)18-8-2-5-13-6-9-17-10-7-13/h3-4H,2,5-10H2,1H3/b4-3+. The van der Waals surface area contributed by atoms with Crippen LogP contribution in [0.25, 0.3) is 0 Å². The fraction of sp³-hybridized carbons (Fsp3) is 0.667. The van der Waals surface area contributed by atoms with E-state index in [0.717, 1.165) is 51.4 Å². The van der Waals surface area contributed by atoms with E-state index in [4.69, 9.17) is 9.47 Å². The number of morpholine rings is 1. The number of methoxy groups -OCH3 is 1. The summed E-state index contributed by atoms with van der Waals surface area (Å²) in [5.74, 6) is -1.09. The van der Waals surface area contributed by atoms with Crippen molar-refractivity contribution in [1.82, 2.24) is 4.90 Å². The van der Waals surface area contributed by atoms with E-state index in [-0.39, 0.29) is 0 Å². The molecule has 0 atom stereocenters. The van der Waals surface area contributed by atoms with Gasteiger partial charge in [0.15, 0.2) is 0 Å². The summed E-state index contributed by atoms with van der Waals surface area (Å²) >= 11 is 0.